The van der Waals surface area contributed by atoms with Gasteiger partial charge in [-0.2, -0.15) is 0 Å². The Kier molecular flexibility index (Phi) is 3.92. The van der Waals surface area contributed by atoms with Crippen LogP contribution < -0.4 is 5.32 Å². The van der Waals surface area contributed by atoms with E-state index < -0.39 is 0 Å². The molecule has 0 aromatic heterocycles. The molecule has 0 amide bonds. The fourth-order valence-electron chi connectivity index (χ4n) is 3.16. The van der Waals surface area contributed by atoms with Gasteiger partial charge in [0.15, 0.2) is 0 Å². The van der Waals surface area contributed by atoms with E-state index in [0.717, 1.165) is 18.7 Å². The molecule has 2 nitrogen and oxygen atoms in total. The van der Waals surface area contributed by atoms with E-state index in [1.807, 2.05) is 12.1 Å². The number of morpholine rings is 1. The number of rotatable bonds is 1. The van der Waals surface area contributed by atoms with E-state index in [1.54, 1.807) is 0 Å². The molecular formula is C15H19BrFNO. The number of hydrogen-bond acceptors (Lipinski definition) is 2. The van der Waals surface area contributed by atoms with Gasteiger partial charge in [-0.25, -0.2) is 4.39 Å². The molecule has 19 heavy (non-hydrogen) atoms. The highest BCUT2D eigenvalue weighted by Gasteiger charge is 2.36. The lowest BCUT2D eigenvalue weighted by Crippen LogP contribution is -2.55. The van der Waals surface area contributed by atoms with Gasteiger partial charge in [0.25, 0.3) is 0 Å². The van der Waals surface area contributed by atoms with E-state index in [9.17, 15) is 4.39 Å². The summed E-state index contributed by atoms with van der Waals surface area (Å²) in [6, 6.07) is 5.12. The van der Waals surface area contributed by atoms with Crippen LogP contribution in [0.5, 0.6) is 0 Å². The average Bonchev–Trinajstić information content (AvgIpc) is 2.44. The Hall–Kier alpha value is -0.450. The number of nitrogens with one attached hydrogen (secondary N) is 1. The summed E-state index contributed by atoms with van der Waals surface area (Å²) in [4.78, 5) is 0. The Balaban J connectivity index is 1.67. The van der Waals surface area contributed by atoms with Crippen LogP contribution in [-0.2, 0) is 4.74 Å². The van der Waals surface area contributed by atoms with Gasteiger partial charge in [0.2, 0.25) is 0 Å². The minimum Gasteiger partial charge on any atom is -0.370 e. The highest BCUT2D eigenvalue weighted by molar-refractivity contribution is 9.10. The zero-order chi connectivity index (χ0) is 13.3. The molecule has 1 saturated heterocycles. The van der Waals surface area contributed by atoms with Crippen molar-refractivity contribution < 1.29 is 9.13 Å². The van der Waals surface area contributed by atoms with Crippen molar-refractivity contribution in [2.75, 3.05) is 13.2 Å². The van der Waals surface area contributed by atoms with E-state index >= 15 is 0 Å². The molecule has 1 unspecified atom stereocenters. The molecular weight excluding hydrogens is 309 g/mol. The van der Waals surface area contributed by atoms with E-state index in [2.05, 4.69) is 21.2 Å². The van der Waals surface area contributed by atoms with E-state index in [-0.39, 0.29) is 17.5 Å². The normalized spacial score (nSPS) is 26.5. The third-order valence-electron chi connectivity index (χ3n) is 4.35. The van der Waals surface area contributed by atoms with Crippen molar-refractivity contribution in [1.82, 2.24) is 5.32 Å². The first-order chi connectivity index (χ1) is 9.19. The number of ether oxygens (including phenoxy) is 1. The van der Waals surface area contributed by atoms with E-state index in [4.69, 9.17) is 4.74 Å². The number of hydrogen-bond donors (Lipinski definition) is 1. The lowest BCUT2D eigenvalue weighted by molar-refractivity contribution is -0.0467. The van der Waals surface area contributed by atoms with Gasteiger partial charge in [-0.3, -0.25) is 0 Å². The van der Waals surface area contributed by atoms with Crippen molar-refractivity contribution in [1.29, 1.82) is 0 Å². The van der Waals surface area contributed by atoms with Crippen LogP contribution in [0.4, 0.5) is 4.39 Å². The Bertz CT molecular complexity index is 449. The lowest BCUT2D eigenvalue weighted by Gasteiger charge is -2.43. The average molecular weight is 328 g/mol. The van der Waals surface area contributed by atoms with Crippen LogP contribution in [-0.4, -0.2) is 18.7 Å². The highest BCUT2D eigenvalue weighted by Crippen LogP contribution is 2.34. The molecule has 4 heteroatoms. The maximum atomic E-state index is 13.2. The molecule has 2 fully saturated rings. The Morgan fingerprint density at radius 3 is 2.68 bits per heavy atom. The minimum atomic E-state index is -0.226. The second-order valence-electron chi connectivity index (χ2n) is 5.70. The molecule has 0 radical (unpaired) electrons. The summed E-state index contributed by atoms with van der Waals surface area (Å²) in [5.41, 5.74) is 1.23. The molecule has 1 atom stereocenters. The summed E-state index contributed by atoms with van der Waals surface area (Å²) in [5, 5.41) is 3.68. The number of benzene rings is 1. The Morgan fingerprint density at radius 2 is 2.05 bits per heavy atom. The monoisotopic (exact) mass is 327 g/mol. The molecule has 1 N–H and O–H groups in total. The first-order valence-corrected chi connectivity index (χ1v) is 7.79. The topological polar surface area (TPSA) is 21.3 Å². The maximum Gasteiger partial charge on any atom is 0.137 e. The zero-order valence-corrected chi connectivity index (χ0v) is 12.5. The van der Waals surface area contributed by atoms with Gasteiger partial charge in [-0.15, -0.1) is 0 Å². The van der Waals surface area contributed by atoms with Crippen molar-refractivity contribution in [3.63, 3.8) is 0 Å². The van der Waals surface area contributed by atoms with Crippen molar-refractivity contribution in [3.05, 3.63) is 34.1 Å². The van der Waals surface area contributed by atoms with Crippen molar-refractivity contribution in [3.8, 4) is 0 Å². The lowest BCUT2D eigenvalue weighted by atomic mass is 9.81. The van der Waals surface area contributed by atoms with Crippen LogP contribution in [0.15, 0.2) is 22.7 Å². The van der Waals surface area contributed by atoms with Crippen LogP contribution in [0.2, 0.25) is 0 Å². The standard InChI is InChI=1S/C15H19BrFNO/c16-12-8-11(4-5-13(12)17)14-9-18-15(10-19-14)6-2-1-3-7-15/h4-5,8,14,18H,1-3,6-7,9-10H2. The molecule has 1 saturated carbocycles. The quantitative estimate of drug-likeness (QED) is 0.843. The van der Waals surface area contributed by atoms with Gasteiger partial charge in [0.05, 0.1) is 17.2 Å². The van der Waals surface area contributed by atoms with Crippen molar-refractivity contribution in [2.24, 2.45) is 0 Å². The zero-order valence-electron chi connectivity index (χ0n) is 10.9. The van der Waals surface area contributed by atoms with Crippen LogP contribution >= 0.6 is 15.9 Å². The molecule has 1 aliphatic heterocycles. The summed E-state index contributed by atoms with van der Waals surface area (Å²) in [6.45, 7) is 1.59. The van der Waals surface area contributed by atoms with Crippen molar-refractivity contribution in [2.45, 2.75) is 43.7 Å². The van der Waals surface area contributed by atoms with Gasteiger partial charge >= 0.3 is 0 Å². The minimum absolute atomic E-state index is 0.0319. The Morgan fingerprint density at radius 1 is 1.26 bits per heavy atom. The van der Waals surface area contributed by atoms with Crippen LogP contribution in [0.25, 0.3) is 0 Å². The third kappa shape index (κ3) is 2.86. The van der Waals surface area contributed by atoms with Crippen LogP contribution in [0.3, 0.4) is 0 Å². The summed E-state index contributed by atoms with van der Waals surface area (Å²) < 4.78 is 19.8. The summed E-state index contributed by atoms with van der Waals surface area (Å²) >= 11 is 3.23. The molecule has 1 aromatic rings. The molecule has 1 spiro atoms. The molecule has 1 heterocycles. The van der Waals surface area contributed by atoms with Crippen LogP contribution in [0, 0.1) is 5.82 Å². The molecule has 1 aromatic carbocycles. The van der Waals surface area contributed by atoms with Gasteiger partial charge in [-0.1, -0.05) is 25.3 Å². The van der Waals surface area contributed by atoms with E-state index in [1.165, 1.54) is 38.2 Å². The SMILES string of the molecule is Fc1ccc(C2CNC3(CCCCC3)CO2)cc1Br. The molecule has 1 aliphatic carbocycles. The van der Waals surface area contributed by atoms with E-state index in [0.29, 0.717) is 4.47 Å². The largest absolute Gasteiger partial charge is 0.370 e. The predicted octanol–water partition coefficient (Wildman–Crippen LogP) is 3.95. The van der Waals surface area contributed by atoms with Gasteiger partial charge < -0.3 is 10.1 Å². The summed E-state index contributed by atoms with van der Waals surface area (Å²) in [5.74, 6) is -0.226. The molecule has 0 bridgehead atoms. The highest BCUT2D eigenvalue weighted by atomic mass is 79.9. The fraction of sp³-hybridized carbons (Fsp3) is 0.600. The smallest absolute Gasteiger partial charge is 0.137 e. The molecule has 104 valence electrons. The first kappa shape index (κ1) is 13.5. The maximum absolute atomic E-state index is 13.2. The van der Waals surface area contributed by atoms with Crippen LogP contribution in [0.1, 0.15) is 43.8 Å². The summed E-state index contributed by atoms with van der Waals surface area (Å²) in [6.07, 6.45) is 6.40. The van der Waals surface area contributed by atoms with Crippen molar-refractivity contribution >= 4 is 15.9 Å². The number of halogens is 2. The third-order valence-corrected chi connectivity index (χ3v) is 4.96. The van der Waals surface area contributed by atoms with Gasteiger partial charge in [0.1, 0.15) is 5.82 Å². The van der Waals surface area contributed by atoms with Gasteiger partial charge in [0, 0.05) is 12.1 Å². The molecule has 2 aliphatic rings. The summed E-state index contributed by atoms with van der Waals surface area (Å²) in [7, 11) is 0. The Labute approximate surface area is 121 Å². The molecule has 3 rings (SSSR count). The van der Waals surface area contributed by atoms with Gasteiger partial charge in [-0.05, 0) is 46.5 Å². The first-order valence-electron chi connectivity index (χ1n) is 7.00. The second kappa shape index (κ2) is 5.51. The fourth-order valence-corrected chi connectivity index (χ4v) is 3.55. The predicted molar refractivity (Wildman–Crippen MR) is 76.6 cm³/mol. The second-order valence-corrected chi connectivity index (χ2v) is 6.55.